The number of benzene rings is 1. The summed E-state index contributed by atoms with van der Waals surface area (Å²) in [6.45, 7) is 12.3. The first-order valence-electron chi connectivity index (χ1n) is 7.10. The molecule has 0 saturated heterocycles. The van der Waals surface area contributed by atoms with E-state index in [-0.39, 0.29) is 0 Å². The minimum absolute atomic E-state index is 0.645. The van der Waals surface area contributed by atoms with Gasteiger partial charge < -0.3 is 9.55 Å². The van der Waals surface area contributed by atoms with Crippen molar-refractivity contribution < 1.29 is 0 Å². The number of hydrogen-bond acceptors (Lipinski definition) is 1. The molecule has 0 aliphatic carbocycles. The van der Waals surface area contributed by atoms with Gasteiger partial charge in [-0.1, -0.05) is 39.8 Å². The van der Waals surface area contributed by atoms with E-state index in [4.69, 9.17) is 12.2 Å². The molecule has 0 aliphatic rings. The van der Waals surface area contributed by atoms with Crippen LogP contribution in [0.1, 0.15) is 33.3 Å². The quantitative estimate of drug-likeness (QED) is 0.785. The van der Waals surface area contributed by atoms with Gasteiger partial charge in [0.15, 0.2) is 4.77 Å². The maximum Gasteiger partial charge on any atom is 0.178 e. The first-order valence-corrected chi connectivity index (χ1v) is 7.50. The highest BCUT2D eigenvalue weighted by Crippen LogP contribution is 2.26. The lowest BCUT2D eigenvalue weighted by Crippen LogP contribution is -2.21. The summed E-state index contributed by atoms with van der Waals surface area (Å²) in [6.07, 6.45) is 0. The Morgan fingerprint density at radius 2 is 1.79 bits per heavy atom. The van der Waals surface area contributed by atoms with E-state index in [1.807, 2.05) is 0 Å². The number of nitrogens with one attached hydrogen (secondary N) is 1. The molecule has 1 aromatic heterocycles. The van der Waals surface area contributed by atoms with Crippen LogP contribution in [0, 0.1) is 29.4 Å². The molecule has 0 bridgehead atoms. The van der Waals surface area contributed by atoms with Crippen LogP contribution in [-0.4, -0.2) is 9.55 Å². The van der Waals surface area contributed by atoms with Crippen LogP contribution in [-0.2, 0) is 6.54 Å². The average molecular weight is 276 g/mol. The van der Waals surface area contributed by atoms with E-state index < -0.39 is 0 Å². The van der Waals surface area contributed by atoms with Crippen LogP contribution in [0.2, 0.25) is 0 Å². The molecule has 1 heterocycles. The number of fused-ring (bicyclic) bond motifs is 1. The van der Waals surface area contributed by atoms with Crippen molar-refractivity contribution in [3.05, 3.63) is 28.5 Å². The molecule has 1 aromatic carbocycles. The van der Waals surface area contributed by atoms with Gasteiger partial charge >= 0.3 is 0 Å². The molecule has 2 rings (SSSR count). The van der Waals surface area contributed by atoms with Crippen molar-refractivity contribution in [3.63, 3.8) is 0 Å². The molecule has 0 amide bonds. The number of rotatable bonds is 4. The van der Waals surface area contributed by atoms with Gasteiger partial charge in [-0.05, 0) is 48.5 Å². The second-order valence-corrected chi connectivity index (χ2v) is 6.55. The van der Waals surface area contributed by atoms with Crippen molar-refractivity contribution >= 4 is 23.3 Å². The Bertz CT molecular complexity index is 611. The molecule has 1 N–H and O–H groups in total. The molecule has 0 unspecified atom stereocenters. The lowest BCUT2D eigenvalue weighted by molar-refractivity contribution is 0.253. The topological polar surface area (TPSA) is 20.7 Å². The van der Waals surface area contributed by atoms with Gasteiger partial charge in [0.1, 0.15) is 0 Å². The van der Waals surface area contributed by atoms with Gasteiger partial charge in [0, 0.05) is 6.54 Å². The Morgan fingerprint density at radius 1 is 1.16 bits per heavy atom. The van der Waals surface area contributed by atoms with Crippen molar-refractivity contribution in [1.29, 1.82) is 0 Å². The summed E-state index contributed by atoms with van der Waals surface area (Å²) in [4.78, 5) is 3.36. The average Bonchev–Trinajstić information content (AvgIpc) is 2.63. The van der Waals surface area contributed by atoms with Crippen molar-refractivity contribution in [2.45, 2.75) is 41.2 Å². The predicted molar refractivity (Wildman–Crippen MR) is 85.0 cm³/mol. The number of aryl methyl sites for hydroxylation is 1. The Hall–Kier alpha value is -1.09. The third-order valence-corrected chi connectivity index (χ3v) is 4.45. The standard InChI is InChI=1S/C16H24N2S/c1-10(2)13(11(3)4)9-18-14-8-6-7-12(5)15(14)17-16(18)19/h6-8,10-11,13H,9H2,1-5H3,(H,17,19). The van der Waals surface area contributed by atoms with Gasteiger partial charge in [-0.15, -0.1) is 0 Å². The Labute approximate surface area is 120 Å². The summed E-state index contributed by atoms with van der Waals surface area (Å²) in [7, 11) is 0. The Morgan fingerprint density at radius 3 is 2.37 bits per heavy atom. The molecule has 0 spiro atoms. The van der Waals surface area contributed by atoms with Crippen LogP contribution in [0.3, 0.4) is 0 Å². The predicted octanol–water partition coefficient (Wildman–Crippen LogP) is 4.94. The number of imidazole rings is 1. The van der Waals surface area contributed by atoms with E-state index in [1.165, 1.54) is 16.6 Å². The summed E-state index contributed by atoms with van der Waals surface area (Å²) in [5.74, 6) is 1.97. The number of nitrogens with zero attached hydrogens (tertiary/aromatic N) is 1. The zero-order valence-electron chi connectivity index (χ0n) is 12.5. The molecule has 19 heavy (non-hydrogen) atoms. The summed E-state index contributed by atoms with van der Waals surface area (Å²) >= 11 is 5.51. The second-order valence-electron chi connectivity index (χ2n) is 6.16. The highest BCUT2D eigenvalue weighted by molar-refractivity contribution is 7.71. The number of aromatic amines is 1. The molecular weight excluding hydrogens is 252 g/mol. The first kappa shape index (κ1) is 14.3. The Balaban J connectivity index is 2.48. The molecule has 104 valence electrons. The van der Waals surface area contributed by atoms with Gasteiger partial charge in [-0.2, -0.15) is 0 Å². The van der Waals surface area contributed by atoms with E-state index >= 15 is 0 Å². The third kappa shape index (κ3) is 2.76. The van der Waals surface area contributed by atoms with E-state index in [0.717, 1.165) is 11.3 Å². The number of H-pyrrole nitrogens is 1. The molecule has 0 atom stereocenters. The van der Waals surface area contributed by atoms with Crippen LogP contribution >= 0.6 is 12.2 Å². The molecule has 2 nitrogen and oxygen atoms in total. The zero-order valence-corrected chi connectivity index (χ0v) is 13.3. The van der Waals surface area contributed by atoms with Gasteiger partial charge in [-0.3, -0.25) is 0 Å². The van der Waals surface area contributed by atoms with Crippen molar-refractivity contribution in [2.24, 2.45) is 17.8 Å². The first-order chi connectivity index (χ1) is 8.91. The fraction of sp³-hybridized carbons (Fsp3) is 0.562. The molecule has 0 radical (unpaired) electrons. The second kappa shape index (κ2) is 5.49. The lowest BCUT2D eigenvalue weighted by atomic mass is 9.85. The number of para-hydroxylation sites is 1. The summed E-state index contributed by atoms with van der Waals surface area (Å²) in [6, 6.07) is 6.39. The summed E-state index contributed by atoms with van der Waals surface area (Å²) in [5, 5.41) is 0. The van der Waals surface area contributed by atoms with E-state index in [2.05, 4.69) is 62.4 Å². The van der Waals surface area contributed by atoms with Crippen molar-refractivity contribution in [1.82, 2.24) is 9.55 Å². The highest BCUT2D eigenvalue weighted by atomic mass is 32.1. The summed E-state index contributed by atoms with van der Waals surface area (Å²) in [5.41, 5.74) is 3.67. The van der Waals surface area contributed by atoms with Crippen LogP contribution in [0.25, 0.3) is 11.0 Å². The number of hydrogen-bond donors (Lipinski definition) is 1. The smallest absolute Gasteiger partial charge is 0.178 e. The normalized spacial score (nSPS) is 12.2. The van der Waals surface area contributed by atoms with Crippen LogP contribution < -0.4 is 0 Å². The number of aromatic nitrogens is 2. The van der Waals surface area contributed by atoms with Crippen molar-refractivity contribution in [3.8, 4) is 0 Å². The van der Waals surface area contributed by atoms with E-state index in [1.54, 1.807) is 0 Å². The van der Waals surface area contributed by atoms with Crippen LogP contribution in [0.5, 0.6) is 0 Å². The minimum atomic E-state index is 0.645. The minimum Gasteiger partial charge on any atom is -0.330 e. The SMILES string of the molecule is Cc1cccc2c1[nH]c(=S)n2CC(C(C)C)C(C)C. The van der Waals surface area contributed by atoms with Crippen LogP contribution in [0.15, 0.2) is 18.2 Å². The molecule has 0 fully saturated rings. The van der Waals surface area contributed by atoms with Gasteiger partial charge in [-0.25, -0.2) is 0 Å². The maximum absolute atomic E-state index is 5.51. The van der Waals surface area contributed by atoms with E-state index in [9.17, 15) is 0 Å². The summed E-state index contributed by atoms with van der Waals surface area (Å²) < 4.78 is 3.11. The monoisotopic (exact) mass is 276 g/mol. The third-order valence-electron chi connectivity index (χ3n) is 4.12. The van der Waals surface area contributed by atoms with Gasteiger partial charge in [0.25, 0.3) is 0 Å². The maximum atomic E-state index is 5.51. The molecule has 3 heteroatoms. The molecule has 0 saturated carbocycles. The van der Waals surface area contributed by atoms with E-state index in [0.29, 0.717) is 17.8 Å². The molecule has 2 aromatic rings. The fourth-order valence-corrected chi connectivity index (χ4v) is 3.18. The zero-order chi connectivity index (χ0) is 14.2. The molecular formula is C16H24N2S. The molecule has 0 aliphatic heterocycles. The van der Waals surface area contributed by atoms with Crippen LogP contribution in [0.4, 0.5) is 0 Å². The van der Waals surface area contributed by atoms with Crippen molar-refractivity contribution in [2.75, 3.05) is 0 Å². The van der Waals surface area contributed by atoms with Gasteiger partial charge in [0.2, 0.25) is 0 Å². The highest BCUT2D eigenvalue weighted by Gasteiger charge is 2.19. The fourth-order valence-electron chi connectivity index (χ4n) is 2.91. The largest absolute Gasteiger partial charge is 0.330 e. The lowest BCUT2D eigenvalue weighted by Gasteiger charge is -2.25. The Kier molecular flexibility index (Phi) is 4.14. The van der Waals surface area contributed by atoms with Gasteiger partial charge in [0.05, 0.1) is 11.0 Å².